The summed E-state index contributed by atoms with van der Waals surface area (Å²) in [4.78, 5) is 37.3. The molecule has 9 heteroatoms. The fourth-order valence-electron chi connectivity index (χ4n) is 7.71. The van der Waals surface area contributed by atoms with Gasteiger partial charge in [0.05, 0.1) is 40.3 Å². The average Bonchev–Trinajstić information content (AvgIpc) is 3.34. The third-order valence-electron chi connectivity index (χ3n) is 12.1. The number of carbonyl (C=O) groups is 3. The van der Waals surface area contributed by atoms with Gasteiger partial charge in [-0.3, -0.25) is 9.59 Å². The second-order valence-corrected chi connectivity index (χ2v) is 20.2. The Kier molecular flexibility index (Phi) is 50.2. The molecule has 0 aliphatic carbocycles. The van der Waals surface area contributed by atoms with Crippen LogP contribution in [-0.2, 0) is 33.3 Å². The molecule has 0 rings (SSSR count). The Morgan fingerprint density at radius 1 is 0.437 bits per heavy atom. The Bertz CT molecular complexity index is 1440. The molecule has 71 heavy (non-hydrogen) atoms. The minimum Gasteiger partial charge on any atom is -0.545 e. The Balaban J connectivity index is 4.30. The van der Waals surface area contributed by atoms with Gasteiger partial charge < -0.3 is 33.3 Å². The molecular formula is C62H107NO8. The van der Waals surface area contributed by atoms with Crippen LogP contribution in [0.3, 0.4) is 0 Å². The molecule has 0 radical (unpaired) electrons. The first kappa shape index (κ1) is 67.5. The topological polar surface area (TPSA) is 111 Å². The van der Waals surface area contributed by atoms with Crippen LogP contribution >= 0.6 is 0 Å². The maximum atomic E-state index is 12.9. The SMILES string of the molecule is CC/C=C\C/C=C\C/C=C\C/C=C\C/C=C\CCCCCCCCCC(=O)OC(COC(=O)CCCCCCCCCCCCC/C=C\C/C=C\CCCCCCC)COC(OCC[N+](C)(C)C)C(=O)[O-]. The van der Waals surface area contributed by atoms with E-state index in [4.69, 9.17) is 18.9 Å². The molecule has 0 aromatic heterocycles. The average molecular weight is 995 g/mol. The number of rotatable bonds is 52. The molecule has 0 aromatic carbocycles. The predicted molar refractivity (Wildman–Crippen MR) is 297 cm³/mol. The molecule has 0 aromatic rings. The van der Waals surface area contributed by atoms with Crippen molar-refractivity contribution < 1.29 is 42.9 Å². The number of ether oxygens (including phenoxy) is 4. The van der Waals surface area contributed by atoms with Crippen LogP contribution in [0.1, 0.15) is 232 Å². The maximum Gasteiger partial charge on any atom is 0.306 e. The van der Waals surface area contributed by atoms with Crippen molar-refractivity contribution in [2.45, 2.75) is 245 Å². The zero-order chi connectivity index (χ0) is 52.0. The van der Waals surface area contributed by atoms with Crippen LogP contribution in [0.4, 0.5) is 0 Å². The van der Waals surface area contributed by atoms with Crippen LogP contribution in [0.25, 0.3) is 0 Å². The fraction of sp³-hybridized carbons (Fsp3) is 0.726. The molecule has 9 nitrogen and oxygen atoms in total. The largest absolute Gasteiger partial charge is 0.545 e. The van der Waals surface area contributed by atoms with Crippen molar-refractivity contribution in [3.63, 3.8) is 0 Å². The summed E-state index contributed by atoms with van der Waals surface area (Å²) < 4.78 is 22.7. The number of likely N-dealkylation sites (N-methyl/N-ethyl adjacent to an activating group) is 1. The summed E-state index contributed by atoms with van der Waals surface area (Å²) in [6.45, 7) is 4.61. The lowest BCUT2D eigenvalue weighted by Gasteiger charge is -2.26. The Morgan fingerprint density at radius 3 is 1.20 bits per heavy atom. The highest BCUT2D eigenvalue weighted by molar-refractivity contribution is 5.70. The van der Waals surface area contributed by atoms with Crippen molar-refractivity contribution in [3.8, 4) is 0 Å². The van der Waals surface area contributed by atoms with Crippen molar-refractivity contribution in [1.82, 2.24) is 0 Å². The number of aliphatic carboxylic acids is 1. The molecule has 0 bridgehead atoms. The van der Waals surface area contributed by atoms with E-state index in [2.05, 4.69) is 98.9 Å². The molecule has 408 valence electrons. The minimum absolute atomic E-state index is 0.141. The van der Waals surface area contributed by atoms with Gasteiger partial charge in [-0.05, 0) is 89.9 Å². The molecule has 0 spiro atoms. The number of hydrogen-bond acceptors (Lipinski definition) is 8. The quantitative estimate of drug-likeness (QED) is 0.0195. The lowest BCUT2D eigenvalue weighted by Crippen LogP contribution is -2.44. The molecule has 0 fully saturated rings. The highest BCUT2D eigenvalue weighted by Crippen LogP contribution is 2.15. The van der Waals surface area contributed by atoms with Crippen LogP contribution in [0.15, 0.2) is 85.1 Å². The monoisotopic (exact) mass is 994 g/mol. The molecule has 0 amide bonds. The van der Waals surface area contributed by atoms with Gasteiger partial charge in [0.2, 0.25) is 0 Å². The van der Waals surface area contributed by atoms with Gasteiger partial charge in [0.15, 0.2) is 12.4 Å². The summed E-state index contributed by atoms with van der Waals surface area (Å²) in [6.07, 6.45) is 66.2. The number of esters is 2. The van der Waals surface area contributed by atoms with E-state index in [1.54, 1.807) is 0 Å². The minimum atomic E-state index is -1.63. The van der Waals surface area contributed by atoms with Gasteiger partial charge in [0.1, 0.15) is 13.2 Å². The van der Waals surface area contributed by atoms with Crippen molar-refractivity contribution in [3.05, 3.63) is 85.1 Å². The van der Waals surface area contributed by atoms with E-state index in [1.807, 2.05) is 21.1 Å². The van der Waals surface area contributed by atoms with Crippen LogP contribution in [-0.4, -0.2) is 82.3 Å². The summed E-state index contributed by atoms with van der Waals surface area (Å²) in [6, 6.07) is 0. The first-order valence-electron chi connectivity index (χ1n) is 28.7. The fourth-order valence-corrected chi connectivity index (χ4v) is 7.71. The Labute approximate surface area is 436 Å². The van der Waals surface area contributed by atoms with Gasteiger partial charge in [-0.1, -0.05) is 214 Å². The number of carboxylic acid groups (broad SMARTS) is 1. The third kappa shape index (κ3) is 54.1. The molecule has 0 saturated carbocycles. The van der Waals surface area contributed by atoms with E-state index >= 15 is 0 Å². The van der Waals surface area contributed by atoms with E-state index in [1.165, 1.54) is 116 Å². The van der Waals surface area contributed by atoms with Gasteiger partial charge in [-0.15, -0.1) is 0 Å². The van der Waals surface area contributed by atoms with Gasteiger partial charge in [-0.2, -0.15) is 0 Å². The van der Waals surface area contributed by atoms with E-state index in [-0.39, 0.29) is 38.6 Å². The first-order valence-corrected chi connectivity index (χ1v) is 28.7. The van der Waals surface area contributed by atoms with Crippen molar-refractivity contribution >= 4 is 17.9 Å². The number of nitrogens with zero attached hydrogens (tertiary/aromatic N) is 1. The number of unbranched alkanes of at least 4 members (excludes halogenated alkanes) is 23. The van der Waals surface area contributed by atoms with E-state index in [9.17, 15) is 19.5 Å². The maximum absolute atomic E-state index is 12.9. The number of hydrogen-bond donors (Lipinski definition) is 0. The van der Waals surface area contributed by atoms with E-state index < -0.39 is 24.3 Å². The summed E-state index contributed by atoms with van der Waals surface area (Å²) in [5, 5.41) is 11.8. The summed E-state index contributed by atoms with van der Waals surface area (Å²) in [5.74, 6) is -2.30. The Hall–Kier alpha value is -3.53. The smallest absolute Gasteiger partial charge is 0.306 e. The van der Waals surface area contributed by atoms with Crippen LogP contribution in [0.2, 0.25) is 0 Å². The third-order valence-corrected chi connectivity index (χ3v) is 12.1. The predicted octanol–water partition coefficient (Wildman–Crippen LogP) is 15.5. The van der Waals surface area contributed by atoms with E-state index in [0.29, 0.717) is 17.4 Å². The second kappa shape index (κ2) is 52.8. The van der Waals surface area contributed by atoms with Gasteiger partial charge in [0, 0.05) is 12.8 Å². The molecule has 2 unspecified atom stereocenters. The number of quaternary nitrogens is 1. The molecule has 0 heterocycles. The number of allylic oxidation sites excluding steroid dienone is 14. The Morgan fingerprint density at radius 2 is 0.803 bits per heavy atom. The lowest BCUT2D eigenvalue weighted by atomic mass is 10.0. The lowest BCUT2D eigenvalue weighted by molar-refractivity contribution is -0.870. The van der Waals surface area contributed by atoms with Crippen LogP contribution in [0, 0.1) is 0 Å². The van der Waals surface area contributed by atoms with Gasteiger partial charge in [0.25, 0.3) is 0 Å². The standard InChI is InChI=1S/C62H107NO8/c1-6-8-10-12-14-16-18-20-22-24-26-28-30-32-34-36-38-40-42-44-46-48-50-52-59(64)69-56-58(57-70-62(61(66)67)68-55-54-63(3,4)5)71-60(65)53-51-49-47-45-43-41-39-37-35-33-31-29-27-25-23-21-19-17-15-13-11-9-7-2/h9,11,15,17-18,20-21,23-24,26-27,29,33,35,58,62H,6-8,10,12-14,16,19,22,25,28,30-32,34,36-57H2,1-5H3/b11-9-,17-15-,20-18-,23-21-,26-24-,29-27-,35-33-. The zero-order valence-corrected chi connectivity index (χ0v) is 46.3. The first-order chi connectivity index (χ1) is 34.6. The van der Waals surface area contributed by atoms with Crippen LogP contribution in [0.5, 0.6) is 0 Å². The zero-order valence-electron chi connectivity index (χ0n) is 46.3. The van der Waals surface area contributed by atoms with Gasteiger partial charge in [-0.25, -0.2) is 0 Å². The highest BCUT2D eigenvalue weighted by atomic mass is 16.7. The number of carbonyl (C=O) groups excluding carboxylic acids is 3. The van der Waals surface area contributed by atoms with E-state index in [0.717, 1.165) is 83.5 Å². The van der Waals surface area contributed by atoms with Crippen LogP contribution < -0.4 is 5.11 Å². The number of carboxylic acids is 1. The van der Waals surface area contributed by atoms with Crippen molar-refractivity contribution in [2.75, 3.05) is 47.5 Å². The molecule has 0 aliphatic rings. The van der Waals surface area contributed by atoms with Crippen molar-refractivity contribution in [2.24, 2.45) is 0 Å². The molecule has 2 atom stereocenters. The second-order valence-electron chi connectivity index (χ2n) is 20.2. The molecule has 0 aliphatic heterocycles. The summed E-state index contributed by atoms with van der Waals surface area (Å²) in [7, 11) is 5.91. The molecule has 0 saturated heterocycles. The highest BCUT2D eigenvalue weighted by Gasteiger charge is 2.22. The molecular weight excluding hydrogens is 887 g/mol. The molecule has 0 N–H and O–H groups in total. The summed E-state index contributed by atoms with van der Waals surface area (Å²) >= 11 is 0. The summed E-state index contributed by atoms with van der Waals surface area (Å²) in [5.41, 5.74) is 0. The normalized spacial score (nSPS) is 13.4. The van der Waals surface area contributed by atoms with Crippen molar-refractivity contribution in [1.29, 1.82) is 0 Å². The van der Waals surface area contributed by atoms with Gasteiger partial charge >= 0.3 is 11.9 Å².